The maximum Gasteiger partial charge on any atom is 0.231 e. The zero-order chi connectivity index (χ0) is 19.1. The molecule has 0 aliphatic rings. The Morgan fingerprint density at radius 3 is 2.74 bits per heavy atom. The molecule has 0 aliphatic heterocycles. The summed E-state index contributed by atoms with van der Waals surface area (Å²) in [7, 11) is 0. The van der Waals surface area contributed by atoms with Crippen molar-refractivity contribution in [2.75, 3.05) is 12.3 Å². The van der Waals surface area contributed by atoms with Crippen LogP contribution in [-0.2, 0) is 4.79 Å². The van der Waals surface area contributed by atoms with E-state index in [-0.39, 0.29) is 11.7 Å². The average molecular weight is 376 g/mol. The summed E-state index contributed by atoms with van der Waals surface area (Å²) in [6.45, 7) is 4.46. The summed E-state index contributed by atoms with van der Waals surface area (Å²) in [6, 6.07) is 15.9. The first-order valence-electron chi connectivity index (χ1n) is 8.54. The SMILES string of the molecule is Cc1ccc(-n2cnnc2SCC(=O)NCC#Cc2ccccc2)cc1C. The molecule has 0 radical (unpaired) electrons. The van der Waals surface area contributed by atoms with E-state index in [0.717, 1.165) is 11.3 Å². The van der Waals surface area contributed by atoms with Gasteiger partial charge in [-0.3, -0.25) is 9.36 Å². The van der Waals surface area contributed by atoms with Gasteiger partial charge in [0.1, 0.15) is 6.33 Å². The highest BCUT2D eigenvalue weighted by molar-refractivity contribution is 7.99. The largest absolute Gasteiger partial charge is 0.344 e. The number of nitrogens with zero attached hydrogens (tertiary/aromatic N) is 3. The molecule has 6 heteroatoms. The second-order valence-corrected chi connectivity index (χ2v) is 6.93. The van der Waals surface area contributed by atoms with Gasteiger partial charge in [-0.15, -0.1) is 10.2 Å². The standard InChI is InChI=1S/C21H20N4OS/c1-16-10-11-19(13-17(16)2)25-15-23-24-21(25)27-14-20(26)22-12-6-9-18-7-4-3-5-8-18/h3-5,7-8,10-11,13,15H,12,14H2,1-2H3,(H,22,26). The van der Waals surface area contributed by atoms with E-state index in [1.54, 1.807) is 6.33 Å². The van der Waals surface area contributed by atoms with E-state index in [4.69, 9.17) is 0 Å². The van der Waals surface area contributed by atoms with Crippen LogP contribution >= 0.6 is 11.8 Å². The number of carbonyl (C=O) groups is 1. The van der Waals surface area contributed by atoms with Gasteiger partial charge in [0, 0.05) is 11.3 Å². The molecule has 3 rings (SSSR count). The van der Waals surface area contributed by atoms with Crippen LogP contribution in [0.1, 0.15) is 16.7 Å². The minimum Gasteiger partial charge on any atom is -0.344 e. The quantitative estimate of drug-likeness (QED) is 0.549. The number of aryl methyl sites for hydroxylation is 2. The predicted octanol–water partition coefficient (Wildman–Crippen LogP) is 3.14. The van der Waals surface area contributed by atoms with E-state index >= 15 is 0 Å². The zero-order valence-electron chi connectivity index (χ0n) is 15.3. The molecular formula is C21H20N4OS. The fourth-order valence-corrected chi connectivity index (χ4v) is 3.13. The molecule has 5 nitrogen and oxygen atoms in total. The highest BCUT2D eigenvalue weighted by atomic mass is 32.2. The Morgan fingerprint density at radius 2 is 1.96 bits per heavy atom. The topological polar surface area (TPSA) is 59.8 Å². The summed E-state index contributed by atoms with van der Waals surface area (Å²) in [6.07, 6.45) is 1.66. The molecule has 1 heterocycles. The average Bonchev–Trinajstić information content (AvgIpc) is 3.15. The smallest absolute Gasteiger partial charge is 0.231 e. The minimum atomic E-state index is -0.0861. The van der Waals surface area contributed by atoms with Crippen LogP contribution in [0.5, 0.6) is 0 Å². The number of carbonyl (C=O) groups excluding carboxylic acids is 1. The first-order valence-corrected chi connectivity index (χ1v) is 9.53. The fourth-order valence-electron chi connectivity index (χ4n) is 2.37. The molecule has 0 bridgehead atoms. The molecule has 0 atom stereocenters. The number of aromatic nitrogens is 3. The lowest BCUT2D eigenvalue weighted by Gasteiger charge is -2.08. The molecule has 0 saturated heterocycles. The summed E-state index contributed by atoms with van der Waals surface area (Å²) in [4.78, 5) is 12.0. The van der Waals surface area contributed by atoms with Crippen molar-refractivity contribution < 1.29 is 4.79 Å². The van der Waals surface area contributed by atoms with Gasteiger partial charge in [0.05, 0.1) is 12.3 Å². The molecule has 136 valence electrons. The van der Waals surface area contributed by atoms with Crippen molar-refractivity contribution in [3.8, 4) is 17.5 Å². The first kappa shape index (κ1) is 18.7. The third-order valence-electron chi connectivity index (χ3n) is 4.00. The molecule has 0 spiro atoms. The van der Waals surface area contributed by atoms with Gasteiger partial charge in [-0.2, -0.15) is 0 Å². The molecule has 1 N–H and O–H groups in total. The Bertz CT molecular complexity index is 986. The number of rotatable bonds is 5. The normalized spacial score (nSPS) is 10.1. The Labute approximate surface area is 163 Å². The van der Waals surface area contributed by atoms with Crippen LogP contribution in [0.4, 0.5) is 0 Å². The number of hydrogen-bond donors (Lipinski definition) is 1. The molecule has 0 unspecified atom stereocenters. The number of benzene rings is 2. The number of amides is 1. The van der Waals surface area contributed by atoms with Gasteiger partial charge in [-0.1, -0.05) is 47.9 Å². The Hall–Kier alpha value is -3.04. The lowest BCUT2D eigenvalue weighted by atomic mass is 10.1. The second kappa shape index (κ2) is 9.06. The van der Waals surface area contributed by atoms with Crippen molar-refractivity contribution in [1.29, 1.82) is 0 Å². The molecule has 27 heavy (non-hydrogen) atoms. The number of thioether (sulfide) groups is 1. The van der Waals surface area contributed by atoms with Gasteiger partial charge in [0.15, 0.2) is 5.16 Å². The molecule has 1 aromatic heterocycles. The lowest BCUT2D eigenvalue weighted by molar-refractivity contribution is -0.118. The highest BCUT2D eigenvalue weighted by Crippen LogP contribution is 2.21. The van der Waals surface area contributed by atoms with Crippen LogP contribution in [0.25, 0.3) is 5.69 Å². The van der Waals surface area contributed by atoms with Gasteiger partial charge in [0.2, 0.25) is 5.91 Å². The zero-order valence-corrected chi connectivity index (χ0v) is 16.1. The molecule has 0 aliphatic carbocycles. The monoisotopic (exact) mass is 376 g/mol. The van der Waals surface area contributed by atoms with Gasteiger partial charge in [-0.25, -0.2) is 0 Å². The van der Waals surface area contributed by atoms with Crippen LogP contribution in [0, 0.1) is 25.7 Å². The first-order chi connectivity index (χ1) is 13.1. The summed E-state index contributed by atoms with van der Waals surface area (Å²) < 4.78 is 1.89. The molecule has 1 amide bonds. The van der Waals surface area contributed by atoms with E-state index < -0.39 is 0 Å². The van der Waals surface area contributed by atoms with Crippen molar-refractivity contribution in [2.45, 2.75) is 19.0 Å². The van der Waals surface area contributed by atoms with Gasteiger partial charge in [-0.05, 0) is 49.2 Å². The Morgan fingerprint density at radius 1 is 1.15 bits per heavy atom. The lowest BCUT2D eigenvalue weighted by Crippen LogP contribution is -2.25. The van der Waals surface area contributed by atoms with Gasteiger partial charge in [0.25, 0.3) is 0 Å². The van der Waals surface area contributed by atoms with E-state index in [2.05, 4.69) is 53.3 Å². The minimum absolute atomic E-state index is 0.0861. The van der Waals surface area contributed by atoms with Crippen LogP contribution in [0.2, 0.25) is 0 Å². The molecule has 3 aromatic rings. The van der Waals surface area contributed by atoms with Crippen LogP contribution in [0.3, 0.4) is 0 Å². The maximum absolute atomic E-state index is 12.0. The van der Waals surface area contributed by atoms with Crippen molar-refractivity contribution in [3.05, 3.63) is 71.5 Å². The molecule has 0 fully saturated rings. The van der Waals surface area contributed by atoms with Crippen LogP contribution < -0.4 is 5.32 Å². The van der Waals surface area contributed by atoms with Crippen molar-refractivity contribution in [3.63, 3.8) is 0 Å². The van der Waals surface area contributed by atoms with Gasteiger partial charge >= 0.3 is 0 Å². The van der Waals surface area contributed by atoms with Gasteiger partial charge < -0.3 is 5.32 Å². The predicted molar refractivity (Wildman–Crippen MR) is 108 cm³/mol. The summed E-state index contributed by atoms with van der Waals surface area (Å²) in [5.41, 5.74) is 4.35. The third kappa shape index (κ3) is 5.22. The summed E-state index contributed by atoms with van der Waals surface area (Å²) in [5, 5.41) is 11.6. The van der Waals surface area contributed by atoms with Crippen LogP contribution in [0.15, 0.2) is 60.0 Å². The van der Waals surface area contributed by atoms with E-state index in [0.29, 0.717) is 11.7 Å². The van der Waals surface area contributed by atoms with Crippen molar-refractivity contribution in [2.24, 2.45) is 0 Å². The van der Waals surface area contributed by atoms with E-state index in [1.165, 1.54) is 22.9 Å². The Kier molecular flexibility index (Phi) is 6.29. The van der Waals surface area contributed by atoms with Crippen molar-refractivity contribution >= 4 is 17.7 Å². The maximum atomic E-state index is 12.0. The third-order valence-corrected chi connectivity index (χ3v) is 4.94. The van der Waals surface area contributed by atoms with E-state index in [1.807, 2.05) is 41.0 Å². The Balaban J connectivity index is 1.53. The molecule has 0 saturated carbocycles. The fraction of sp³-hybridized carbons (Fsp3) is 0.190. The van der Waals surface area contributed by atoms with Crippen molar-refractivity contribution in [1.82, 2.24) is 20.1 Å². The molecule has 2 aromatic carbocycles. The highest BCUT2D eigenvalue weighted by Gasteiger charge is 2.10. The summed E-state index contributed by atoms with van der Waals surface area (Å²) in [5.74, 6) is 6.14. The number of hydrogen-bond acceptors (Lipinski definition) is 4. The second-order valence-electron chi connectivity index (χ2n) is 5.99. The number of nitrogens with one attached hydrogen (secondary N) is 1. The molecular weight excluding hydrogens is 356 g/mol. The van der Waals surface area contributed by atoms with E-state index in [9.17, 15) is 4.79 Å². The summed E-state index contributed by atoms with van der Waals surface area (Å²) >= 11 is 1.35. The van der Waals surface area contributed by atoms with Crippen LogP contribution in [-0.4, -0.2) is 33.0 Å².